The first-order valence-corrected chi connectivity index (χ1v) is 13.8. The predicted octanol–water partition coefficient (Wildman–Crippen LogP) is 3.79. The summed E-state index contributed by atoms with van der Waals surface area (Å²) in [5, 5.41) is 15.9. The van der Waals surface area contributed by atoms with Crippen LogP contribution in [0.2, 0.25) is 5.02 Å². The SMILES string of the molecule is CCOc1ccc(NC(=O)[C@@H]2[C@@H]3CCC4(S3)C(C(=O)Nc3ccc(Cl)cc3)N(CCCO)C(=O)[C@H]24)cc1. The minimum atomic E-state index is -0.731. The number of thioether (sulfide) groups is 1. The molecule has 37 heavy (non-hydrogen) atoms. The number of nitrogens with one attached hydrogen (secondary N) is 2. The van der Waals surface area contributed by atoms with Crippen molar-refractivity contribution in [2.45, 2.75) is 42.2 Å². The van der Waals surface area contributed by atoms with Gasteiger partial charge in [0, 0.05) is 34.8 Å². The number of anilines is 2. The van der Waals surface area contributed by atoms with Gasteiger partial charge in [0.05, 0.1) is 23.2 Å². The van der Waals surface area contributed by atoms with Crippen LogP contribution in [0.1, 0.15) is 26.2 Å². The van der Waals surface area contributed by atoms with E-state index in [1.165, 1.54) is 0 Å². The maximum Gasteiger partial charge on any atom is 0.248 e. The molecule has 5 rings (SSSR count). The largest absolute Gasteiger partial charge is 0.494 e. The molecule has 2 aromatic rings. The van der Waals surface area contributed by atoms with Crippen molar-refractivity contribution >= 4 is 52.5 Å². The number of ether oxygens (including phenoxy) is 1. The molecule has 1 spiro atoms. The maximum atomic E-state index is 13.8. The van der Waals surface area contributed by atoms with Crippen LogP contribution in [0.3, 0.4) is 0 Å². The van der Waals surface area contributed by atoms with Crippen molar-refractivity contribution in [3.63, 3.8) is 0 Å². The third-order valence-corrected chi connectivity index (χ3v) is 9.66. The second-order valence-corrected chi connectivity index (χ2v) is 11.6. The Morgan fingerprint density at radius 1 is 1.11 bits per heavy atom. The van der Waals surface area contributed by atoms with E-state index in [2.05, 4.69) is 10.6 Å². The van der Waals surface area contributed by atoms with Crippen molar-refractivity contribution in [2.24, 2.45) is 11.8 Å². The van der Waals surface area contributed by atoms with Crippen LogP contribution in [-0.2, 0) is 14.4 Å². The molecule has 0 aliphatic carbocycles. The molecule has 5 atom stereocenters. The van der Waals surface area contributed by atoms with Gasteiger partial charge in [-0.05, 0) is 74.7 Å². The van der Waals surface area contributed by atoms with E-state index < -0.39 is 22.6 Å². The Balaban J connectivity index is 1.40. The molecule has 0 saturated carbocycles. The van der Waals surface area contributed by atoms with E-state index in [9.17, 15) is 19.5 Å². The molecule has 0 radical (unpaired) electrons. The first kappa shape index (κ1) is 25.9. The quantitative estimate of drug-likeness (QED) is 0.444. The van der Waals surface area contributed by atoms with Crippen LogP contribution in [0.5, 0.6) is 5.75 Å². The smallest absolute Gasteiger partial charge is 0.248 e. The molecule has 196 valence electrons. The van der Waals surface area contributed by atoms with E-state index in [0.717, 1.165) is 12.2 Å². The van der Waals surface area contributed by atoms with Crippen LogP contribution < -0.4 is 15.4 Å². The molecule has 3 aliphatic heterocycles. The van der Waals surface area contributed by atoms with Gasteiger partial charge in [0.1, 0.15) is 11.8 Å². The molecule has 3 N–H and O–H groups in total. The van der Waals surface area contributed by atoms with Crippen molar-refractivity contribution < 1.29 is 24.2 Å². The van der Waals surface area contributed by atoms with Crippen LogP contribution in [-0.4, -0.2) is 63.5 Å². The van der Waals surface area contributed by atoms with Crippen molar-refractivity contribution in [1.29, 1.82) is 0 Å². The monoisotopic (exact) mass is 543 g/mol. The highest BCUT2D eigenvalue weighted by Crippen LogP contribution is 2.66. The number of halogens is 1. The third-order valence-electron chi connectivity index (χ3n) is 7.45. The zero-order chi connectivity index (χ0) is 26.2. The van der Waals surface area contributed by atoms with Gasteiger partial charge in [-0.2, -0.15) is 0 Å². The Hall–Kier alpha value is -2.75. The average Bonchev–Trinajstić information content (AvgIpc) is 3.53. The summed E-state index contributed by atoms with van der Waals surface area (Å²) in [7, 11) is 0. The topological polar surface area (TPSA) is 108 Å². The molecule has 3 saturated heterocycles. The van der Waals surface area contributed by atoms with E-state index in [1.54, 1.807) is 65.2 Å². The third kappa shape index (κ3) is 4.69. The highest BCUT2D eigenvalue weighted by molar-refractivity contribution is 8.02. The molecular weight excluding hydrogens is 514 g/mol. The van der Waals surface area contributed by atoms with Crippen molar-refractivity contribution in [3.8, 4) is 5.75 Å². The van der Waals surface area contributed by atoms with Gasteiger partial charge in [0.2, 0.25) is 17.7 Å². The molecule has 0 aromatic heterocycles. The molecular formula is C27H30ClN3O5S. The number of aliphatic hydroxyl groups is 1. The zero-order valence-electron chi connectivity index (χ0n) is 20.5. The number of amides is 3. The molecule has 2 aromatic carbocycles. The van der Waals surface area contributed by atoms with E-state index in [1.807, 2.05) is 6.92 Å². The Labute approximate surface area is 225 Å². The van der Waals surface area contributed by atoms with E-state index in [4.69, 9.17) is 16.3 Å². The summed E-state index contributed by atoms with van der Waals surface area (Å²) < 4.78 is 4.79. The predicted molar refractivity (Wildman–Crippen MR) is 144 cm³/mol. The van der Waals surface area contributed by atoms with Crippen molar-refractivity contribution in [1.82, 2.24) is 4.90 Å². The van der Waals surface area contributed by atoms with Crippen LogP contribution in [0.25, 0.3) is 0 Å². The summed E-state index contributed by atoms with van der Waals surface area (Å²) in [5.74, 6) is -1.10. The van der Waals surface area contributed by atoms with E-state index in [-0.39, 0.29) is 36.1 Å². The highest BCUT2D eigenvalue weighted by Gasteiger charge is 2.73. The van der Waals surface area contributed by atoms with Gasteiger partial charge in [0.15, 0.2) is 0 Å². The number of carbonyl (C=O) groups excluding carboxylic acids is 3. The maximum absolute atomic E-state index is 13.8. The van der Waals surface area contributed by atoms with Gasteiger partial charge in [0.25, 0.3) is 0 Å². The standard InChI is InChI=1S/C27H30ClN3O5S/c1-2-36-19-10-8-18(9-11-19)29-24(33)21-20-12-13-27(37-20)22(21)26(35)31(14-3-15-32)23(27)25(34)30-17-6-4-16(28)5-7-17/h4-11,20-23,32H,2-3,12-15H2,1H3,(H,29,33)(H,30,34)/t20-,21+,22-,23?,27?/m0/s1. The molecule has 3 aliphatic rings. The van der Waals surface area contributed by atoms with Crippen LogP contribution in [0.15, 0.2) is 48.5 Å². The summed E-state index contributed by atoms with van der Waals surface area (Å²) in [6.45, 7) is 2.62. The van der Waals surface area contributed by atoms with Gasteiger partial charge in [-0.15, -0.1) is 11.8 Å². The lowest BCUT2D eigenvalue weighted by atomic mass is 9.70. The summed E-state index contributed by atoms with van der Waals surface area (Å²) in [4.78, 5) is 42.6. The lowest BCUT2D eigenvalue weighted by molar-refractivity contribution is -0.138. The van der Waals surface area contributed by atoms with Crippen LogP contribution >= 0.6 is 23.4 Å². The zero-order valence-corrected chi connectivity index (χ0v) is 22.1. The van der Waals surface area contributed by atoms with Crippen LogP contribution in [0.4, 0.5) is 11.4 Å². The molecule has 2 unspecified atom stereocenters. The Bertz CT molecular complexity index is 1180. The fraction of sp³-hybridized carbons (Fsp3) is 0.444. The normalized spacial score (nSPS) is 27.8. The Kier molecular flexibility index (Phi) is 7.38. The number of likely N-dealkylation sites (tertiary alicyclic amines) is 1. The second-order valence-electron chi connectivity index (χ2n) is 9.61. The fourth-order valence-electron chi connectivity index (χ4n) is 6.01. The van der Waals surface area contributed by atoms with Gasteiger partial charge in [-0.1, -0.05) is 11.6 Å². The fourth-order valence-corrected chi connectivity index (χ4v) is 8.35. The number of hydrogen-bond acceptors (Lipinski definition) is 6. The molecule has 3 heterocycles. The number of aliphatic hydroxyl groups excluding tert-OH is 1. The number of nitrogens with zero attached hydrogens (tertiary/aromatic N) is 1. The average molecular weight is 544 g/mol. The van der Waals surface area contributed by atoms with Crippen molar-refractivity contribution in [2.75, 3.05) is 30.4 Å². The lowest BCUT2D eigenvalue weighted by Gasteiger charge is -2.34. The molecule has 3 fully saturated rings. The molecule has 3 amide bonds. The summed E-state index contributed by atoms with van der Waals surface area (Å²) in [6.07, 6.45) is 1.80. The first-order chi connectivity index (χ1) is 17.9. The summed E-state index contributed by atoms with van der Waals surface area (Å²) in [5.41, 5.74) is 1.22. The van der Waals surface area contributed by atoms with Crippen molar-refractivity contribution in [3.05, 3.63) is 53.6 Å². The second kappa shape index (κ2) is 10.6. The lowest BCUT2D eigenvalue weighted by Crippen LogP contribution is -2.51. The van der Waals surface area contributed by atoms with Gasteiger partial charge >= 0.3 is 0 Å². The molecule has 8 nitrogen and oxygen atoms in total. The van der Waals surface area contributed by atoms with Gasteiger partial charge in [-0.25, -0.2) is 0 Å². The van der Waals surface area contributed by atoms with Crippen LogP contribution in [0, 0.1) is 11.8 Å². The molecule has 2 bridgehead atoms. The number of fused-ring (bicyclic) bond motifs is 1. The minimum absolute atomic E-state index is 0.0394. The molecule has 10 heteroatoms. The van der Waals surface area contributed by atoms with Gasteiger partial charge < -0.3 is 25.4 Å². The Morgan fingerprint density at radius 2 is 1.76 bits per heavy atom. The summed E-state index contributed by atoms with van der Waals surface area (Å²) >= 11 is 7.59. The van der Waals surface area contributed by atoms with Gasteiger partial charge in [-0.3, -0.25) is 14.4 Å². The Morgan fingerprint density at radius 3 is 2.41 bits per heavy atom. The number of rotatable bonds is 9. The van der Waals surface area contributed by atoms with E-state index in [0.29, 0.717) is 35.8 Å². The number of benzene rings is 2. The first-order valence-electron chi connectivity index (χ1n) is 12.6. The summed E-state index contributed by atoms with van der Waals surface area (Å²) in [6, 6.07) is 13.3. The highest BCUT2D eigenvalue weighted by atomic mass is 35.5. The number of carbonyl (C=O) groups is 3. The van der Waals surface area contributed by atoms with E-state index >= 15 is 0 Å². The number of hydrogen-bond donors (Lipinski definition) is 3. The minimum Gasteiger partial charge on any atom is -0.494 e.